The Bertz CT molecular complexity index is 1320. The van der Waals surface area contributed by atoms with Crippen LogP contribution in [0.2, 0.25) is 0 Å². The Balaban J connectivity index is 1.66. The van der Waals surface area contributed by atoms with E-state index < -0.39 is 42.4 Å². The van der Waals surface area contributed by atoms with Crippen molar-refractivity contribution in [1.29, 1.82) is 0 Å². The number of methoxy groups -OCH3 is 1. The molecule has 1 aromatic carbocycles. The molecule has 2 N–H and O–H groups in total. The van der Waals surface area contributed by atoms with Crippen molar-refractivity contribution < 1.29 is 24.5 Å². The minimum Gasteiger partial charge on any atom is -0.497 e. The third-order valence-corrected chi connectivity index (χ3v) is 6.73. The lowest BCUT2D eigenvalue weighted by Crippen LogP contribution is -2.49. The number of hydrogen-bond acceptors (Lipinski definition) is 7. The Morgan fingerprint density at radius 2 is 2.03 bits per heavy atom. The molecule has 3 aromatic rings. The van der Waals surface area contributed by atoms with Gasteiger partial charge >= 0.3 is 5.97 Å². The van der Waals surface area contributed by atoms with E-state index in [1.165, 1.54) is 28.1 Å². The highest BCUT2D eigenvalue weighted by atomic mass is 16.5. The number of carboxylic acid groups (broad SMARTS) is 1. The summed E-state index contributed by atoms with van der Waals surface area (Å²) in [6.07, 6.45) is 4.14. The topological polar surface area (TPSA) is 135 Å². The number of nitrogens with zero attached hydrogens (tertiary/aromatic N) is 4. The number of aliphatic carboxylic acids is 1. The lowest BCUT2D eigenvalue weighted by atomic mass is 9.87. The van der Waals surface area contributed by atoms with Crippen molar-refractivity contribution in [2.45, 2.75) is 18.6 Å². The number of aromatic nitrogens is 3. The molecule has 0 radical (unpaired) electrons. The zero-order valence-corrected chi connectivity index (χ0v) is 18.2. The van der Waals surface area contributed by atoms with Crippen molar-refractivity contribution in [1.82, 2.24) is 19.4 Å². The zero-order chi connectivity index (χ0) is 24.0. The van der Waals surface area contributed by atoms with Crippen LogP contribution >= 0.6 is 0 Å². The van der Waals surface area contributed by atoms with E-state index in [0.717, 1.165) is 0 Å². The van der Waals surface area contributed by atoms with E-state index in [0.29, 0.717) is 22.6 Å². The standard InChI is InChI=1S/C24H22N4O6/c1-34-14-4-2-3-13(9-14)15-5-6-18-21-20(24(32)33)16(12-29)19(11-27(18)22(15)30)28(21)23(31)17-10-25-7-8-26-17/h2-10,16,19-21,29H,11-12H2,1H3,(H,32,33)/t16-,19-,20+,21+/m1/s1. The largest absolute Gasteiger partial charge is 0.497 e. The smallest absolute Gasteiger partial charge is 0.309 e. The summed E-state index contributed by atoms with van der Waals surface area (Å²) in [5.41, 5.74) is 1.29. The van der Waals surface area contributed by atoms with Crippen molar-refractivity contribution in [3.05, 3.63) is 76.7 Å². The van der Waals surface area contributed by atoms with Crippen molar-refractivity contribution in [2.75, 3.05) is 13.7 Å². The average molecular weight is 462 g/mol. The van der Waals surface area contributed by atoms with Crippen LogP contribution in [-0.2, 0) is 11.3 Å². The Hall–Kier alpha value is -4.05. The van der Waals surface area contributed by atoms with Gasteiger partial charge in [0.15, 0.2) is 0 Å². The molecule has 2 aromatic heterocycles. The van der Waals surface area contributed by atoms with E-state index >= 15 is 0 Å². The van der Waals surface area contributed by atoms with Gasteiger partial charge in [-0.1, -0.05) is 12.1 Å². The number of carbonyl (C=O) groups is 2. The molecule has 5 rings (SSSR count). The van der Waals surface area contributed by atoms with Crippen LogP contribution in [0.1, 0.15) is 22.2 Å². The van der Waals surface area contributed by atoms with Gasteiger partial charge < -0.3 is 24.4 Å². The first-order valence-corrected chi connectivity index (χ1v) is 10.8. The van der Waals surface area contributed by atoms with E-state index in [1.807, 2.05) is 0 Å². The first-order chi connectivity index (χ1) is 16.5. The number of aliphatic hydroxyl groups is 1. The Morgan fingerprint density at radius 3 is 2.71 bits per heavy atom. The molecule has 4 atom stereocenters. The summed E-state index contributed by atoms with van der Waals surface area (Å²) >= 11 is 0. The molecule has 2 bridgehead atoms. The van der Waals surface area contributed by atoms with Crippen LogP contribution < -0.4 is 10.3 Å². The average Bonchev–Trinajstić information content (AvgIpc) is 3.11. The van der Waals surface area contributed by atoms with Gasteiger partial charge in [-0.15, -0.1) is 0 Å². The molecule has 1 fully saturated rings. The van der Waals surface area contributed by atoms with Crippen LogP contribution in [0.15, 0.2) is 59.8 Å². The van der Waals surface area contributed by atoms with Gasteiger partial charge in [0, 0.05) is 42.7 Å². The van der Waals surface area contributed by atoms with Gasteiger partial charge in [0.25, 0.3) is 11.5 Å². The molecule has 2 aliphatic rings. The lowest BCUT2D eigenvalue weighted by Gasteiger charge is -2.38. The number of hydrogen-bond donors (Lipinski definition) is 2. The van der Waals surface area contributed by atoms with Crippen molar-refractivity contribution in [2.24, 2.45) is 11.8 Å². The van der Waals surface area contributed by atoms with Gasteiger partial charge in [0.1, 0.15) is 11.4 Å². The van der Waals surface area contributed by atoms with E-state index in [-0.39, 0.29) is 17.8 Å². The van der Waals surface area contributed by atoms with Gasteiger partial charge in [0.2, 0.25) is 0 Å². The molecule has 4 heterocycles. The Morgan fingerprint density at radius 1 is 1.21 bits per heavy atom. The van der Waals surface area contributed by atoms with Crippen molar-refractivity contribution in [3.63, 3.8) is 0 Å². The number of pyridine rings is 1. The zero-order valence-electron chi connectivity index (χ0n) is 18.2. The molecule has 2 aliphatic heterocycles. The fourth-order valence-corrected chi connectivity index (χ4v) is 5.22. The third-order valence-electron chi connectivity index (χ3n) is 6.73. The number of rotatable bonds is 5. The summed E-state index contributed by atoms with van der Waals surface area (Å²) in [7, 11) is 1.54. The molecule has 0 spiro atoms. The number of aliphatic hydroxyl groups excluding tert-OH is 1. The number of amides is 1. The first-order valence-electron chi connectivity index (χ1n) is 10.8. The molecule has 1 amide bonds. The molecule has 10 nitrogen and oxygen atoms in total. The monoisotopic (exact) mass is 462 g/mol. The Labute approximate surface area is 194 Å². The van der Waals surface area contributed by atoms with Gasteiger partial charge in [0.05, 0.1) is 31.3 Å². The van der Waals surface area contributed by atoms with Crippen LogP contribution in [0.3, 0.4) is 0 Å². The number of ether oxygens (including phenoxy) is 1. The van der Waals surface area contributed by atoms with E-state index in [2.05, 4.69) is 9.97 Å². The molecule has 0 unspecified atom stereocenters. The van der Waals surface area contributed by atoms with Crippen LogP contribution in [0, 0.1) is 11.8 Å². The summed E-state index contributed by atoms with van der Waals surface area (Å²) in [6, 6.07) is 8.80. The minimum absolute atomic E-state index is 0.0590. The van der Waals surface area contributed by atoms with E-state index in [1.54, 1.807) is 43.5 Å². The predicted octanol–water partition coefficient (Wildman–Crippen LogP) is 1.20. The second kappa shape index (κ2) is 8.38. The van der Waals surface area contributed by atoms with Crippen LogP contribution in [0.5, 0.6) is 5.75 Å². The van der Waals surface area contributed by atoms with E-state index in [9.17, 15) is 24.6 Å². The van der Waals surface area contributed by atoms with Gasteiger partial charge in [-0.05, 0) is 29.8 Å². The number of carbonyl (C=O) groups excluding carboxylic acids is 1. The summed E-state index contributed by atoms with van der Waals surface area (Å²) in [6.45, 7) is -0.378. The molecule has 34 heavy (non-hydrogen) atoms. The summed E-state index contributed by atoms with van der Waals surface area (Å²) in [5, 5.41) is 20.1. The summed E-state index contributed by atoms with van der Waals surface area (Å²) in [5.74, 6) is -2.84. The van der Waals surface area contributed by atoms with Gasteiger partial charge in [-0.3, -0.25) is 19.4 Å². The SMILES string of the molecule is COc1cccc(-c2ccc3n(c2=O)C[C@@H]2[C@@H](CO)[C@H](C(=O)O)[C@H]3N2C(=O)c2cnccn2)c1. The molecule has 0 aliphatic carbocycles. The van der Waals surface area contributed by atoms with Gasteiger partial charge in [-0.25, -0.2) is 4.98 Å². The normalized spacial score (nSPS) is 22.8. The highest BCUT2D eigenvalue weighted by Crippen LogP contribution is 2.49. The van der Waals surface area contributed by atoms with Crippen LogP contribution in [0.25, 0.3) is 11.1 Å². The fraction of sp³-hybridized carbons (Fsp3) is 0.292. The number of fused-ring (bicyclic) bond motifs is 4. The first kappa shape index (κ1) is 21.8. The Kier molecular flexibility index (Phi) is 5.37. The summed E-state index contributed by atoms with van der Waals surface area (Å²) in [4.78, 5) is 48.7. The fourth-order valence-electron chi connectivity index (χ4n) is 5.22. The molecular weight excluding hydrogens is 440 g/mol. The van der Waals surface area contributed by atoms with Gasteiger partial charge in [-0.2, -0.15) is 0 Å². The molecule has 1 saturated heterocycles. The van der Waals surface area contributed by atoms with Crippen LogP contribution in [-0.4, -0.2) is 61.3 Å². The lowest BCUT2D eigenvalue weighted by molar-refractivity contribution is -0.144. The van der Waals surface area contributed by atoms with Crippen LogP contribution in [0.4, 0.5) is 0 Å². The molecule has 0 saturated carbocycles. The van der Waals surface area contributed by atoms with E-state index in [4.69, 9.17) is 4.74 Å². The molecule has 174 valence electrons. The molecular formula is C24H22N4O6. The quantitative estimate of drug-likeness (QED) is 0.578. The predicted molar refractivity (Wildman–Crippen MR) is 119 cm³/mol. The highest BCUT2D eigenvalue weighted by Gasteiger charge is 2.58. The van der Waals surface area contributed by atoms with Crippen molar-refractivity contribution in [3.8, 4) is 16.9 Å². The summed E-state index contributed by atoms with van der Waals surface area (Å²) < 4.78 is 6.79. The second-order valence-corrected chi connectivity index (χ2v) is 8.35. The maximum atomic E-state index is 13.5. The third kappa shape index (κ3) is 3.26. The van der Waals surface area contributed by atoms with Crippen molar-refractivity contribution >= 4 is 11.9 Å². The minimum atomic E-state index is -1.14. The maximum Gasteiger partial charge on any atom is 0.309 e. The maximum absolute atomic E-state index is 13.5. The highest BCUT2D eigenvalue weighted by molar-refractivity contribution is 5.93. The number of carboxylic acids is 1. The number of benzene rings is 1. The molecule has 10 heteroatoms. The second-order valence-electron chi connectivity index (χ2n) is 8.35.